The number of nitrogens with zero attached hydrogens (tertiary/aromatic N) is 1. The van der Waals surface area contributed by atoms with E-state index >= 15 is 0 Å². The number of nitrogens with one attached hydrogen (secondary N) is 1. The lowest BCUT2D eigenvalue weighted by atomic mass is 10.0. The first kappa shape index (κ1) is 24.9. The highest BCUT2D eigenvalue weighted by Gasteiger charge is 2.41. The van der Waals surface area contributed by atoms with E-state index < -0.39 is 23.6 Å². The summed E-state index contributed by atoms with van der Waals surface area (Å²) < 4.78 is 39.8. The molecule has 0 atom stereocenters. The van der Waals surface area contributed by atoms with Crippen LogP contribution in [0.15, 0.2) is 88.3 Å². The normalized spacial score (nSPS) is 14.3. The molecule has 0 aliphatic carbocycles. The van der Waals surface area contributed by atoms with Crippen molar-refractivity contribution in [1.82, 2.24) is 0 Å². The molecule has 4 nitrogen and oxygen atoms in total. The Kier molecular flexibility index (Phi) is 6.96. The van der Waals surface area contributed by atoms with Gasteiger partial charge in [0.1, 0.15) is 10.6 Å². The Morgan fingerprint density at radius 3 is 2.17 bits per heavy atom. The molecule has 1 heterocycles. The summed E-state index contributed by atoms with van der Waals surface area (Å²) in [4.78, 5) is 28.2. The van der Waals surface area contributed by atoms with Crippen LogP contribution >= 0.6 is 23.4 Å². The molecule has 0 spiro atoms. The first-order valence-electron chi connectivity index (χ1n) is 10.7. The first-order chi connectivity index (χ1) is 16.5. The monoisotopic (exact) mass is 516 g/mol. The molecular weight excluding hydrogens is 497 g/mol. The predicted octanol–water partition coefficient (Wildman–Crippen LogP) is 7.47. The van der Waals surface area contributed by atoms with Crippen molar-refractivity contribution in [3.63, 3.8) is 0 Å². The van der Waals surface area contributed by atoms with Crippen molar-refractivity contribution in [2.75, 3.05) is 10.2 Å². The van der Waals surface area contributed by atoms with E-state index in [1.807, 2.05) is 12.1 Å². The quantitative estimate of drug-likeness (QED) is 0.345. The number of carbonyl (C=O) groups excluding carboxylic acids is 2. The third-order valence-electron chi connectivity index (χ3n) is 5.35. The van der Waals surface area contributed by atoms with Crippen LogP contribution in [0.2, 0.25) is 5.02 Å². The van der Waals surface area contributed by atoms with Gasteiger partial charge < -0.3 is 5.32 Å². The average molecular weight is 517 g/mol. The van der Waals surface area contributed by atoms with Crippen LogP contribution in [0.25, 0.3) is 0 Å². The minimum absolute atomic E-state index is 0.00958. The number of carbonyl (C=O) groups is 2. The van der Waals surface area contributed by atoms with Crippen molar-refractivity contribution >= 4 is 46.6 Å². The predicted molar refractivity (Wildman–Crippen MR) is 132 cm³/mol. The summed E-state index contributed by atoms with van der Waals surface area (Å²) in [5, 5.41) is 3.52. The Balaban J connectivity index is 1.73. The van der Waals surface area contributed by atoms with E-state index in [4.69, 9.17) is 11.6 Å². The van der Waals surface area contributed by atoms with Crippen LogP contribution in [0, 0.1) is 0 Å². The molecule has 1 N–H and O–H groups in total. The van der Waals surface area contributed by atoms with Crippen molar-refractivity contribution in [1.29, 1.82) is 0 Å². The molecular formula is C26H20ClF3N2O2S. The van der Waals surface area contributed by atoms with Gasteiger partial charge in [0, 0.05) is 15.6 Å². The molecule has 180 valence electrons. The van der Waals surface area contributed by atoms with Crippen molar-refractivity contribution in [3.05, 3.63) is 99.5 Å². The highest BCUT2D eigenvalue weighted by Crippen LogP contribution is 2.39. The largest absolute Gasteiger partial charge is 0.416 e. The van der Waals surface area contributed by atoms with Gasteiger partial charge in [-0.05, 0) is 66.1 Å². The van der Waals surface area contributed by atoms with Crippen LogP contribution in [0.3, 0.4) is 0 Å². The number of hydrogen-bond donors (Lipinski definition) is 1. The van der Waals surface area contributed by atoms with Crippen molar-refractivity contribution in [2.45, 2.75) is 30.8 Å². The van der Waals surface area contributed by atoms with Crippen LogP contribution in [-0.4, -0.2) is 11.8 Å². The topological polar surface area (TPSA) is 49.4 Å². The summed E-state index contributed by atoms with van der Waals surface area (Å²) >= 11 is 6.99. The van der Waals surface area contributed by atoms with Gasteiger partial charge in [-0.2, -0.15) is 13.2 Å². The van der Waals surface area contributed by atoms with Gasteiger partial charge in [0.25, 0.3) is 11.8 Å². The lowest BCUT2D eigenvalue weighted by Crippen LogP contribution is -2.32. The third-order valence-corrected chi connectivity index (χ3v) is 6.70. The molecule has 0 radical (unpaired) electrons. The summed E-state index contributed by atoms with van der Waals surface area (Å²) in [7, 11) is 0. The molecule has 3 aromatic carbocycles. The Morgan fingerprint density at radius 1 is 0.914 bits per heavy atom. The van der Waals surface area contributed by atoms with Crippen LogP contribution in [0.1, 0.15) is 30.9 Å². The molecule has 0 fully saturated rings. The molecule has 0 bridgehead atoms. The van der Waals surface area contributed by atoms with Gasteiger partial charge in [-0.25, -0.2) is 4.90 Å². The van der Waals surface area contributed by atoms with Gasteiger partial charge in [0.15, 0.2) is 0 Å². The number of imide groups is 1. The molecule has 0 saturated carbocycles. The van der Waals surface area contributed by atoms with Crippen LogP contribution < -0.4 is 10.2 Å². The number of alkyl halides is 3. The number of thioether (sulfide) groups is 1. The first-order valence-corrected chi connectivity index (χ1v) is 11.8. The molecule has 0 aromatic heterocycles. The molecule has 1 aliphatic rings. The molecule has 1 aliphatic heterocycles. The molecule has 3 aromatic rings. The SMILES string of the molecule is CC(C)c1ccc(NC2=C(Sc3ccc(Cl)cc3)C(=O)N(c3cccc(C(F)(F)F)c3)C2=O)cc1. The highest BCUT2D eigenvalue weighted by molar-refractivity contribution is 8.04. The fourth-order valence-corrected chi connectivity index (χ4v) is 4.54. The second kappa shape index (κ2) is 9.79. The van der Waals surface area contributed by atoms with Gasteiger partial charge in [-0.15, -0.1) is 0 Å². The lowest BCUT2D eigenvalue weighted by Gasteiger charge is -2.17. The van der Waals surface area contributed by atoms with E-state index in [0.29, 0.717) is 21.5 Å². The summed E-state index contributed by atoms with van der Waals surface area (Å²) in [6.45, 7) is 4.11. The average Bonchev–Trinajstić information content (AvgIpc) is 3.04. The number of hydrogen-bond acceptors (Lipinski definition) is 4. The Morgan fingerprint density at radius 2 is 1.57 bits per heavy atom. The lowest BCUT2D eigenvalue weighted by molar-refractivity contribution is -0.137. The van der Waals surface area contributed by atoms with Crippen molar-refractivity contribution in [3.8, 4) is 0 Å². The molecule has 35 heavy (non-hydrogen) atoms. The van der Waals surface area contributed by atoms with E-state index in [-0.39, 0.29) is 16.3 Å². The second-order valence-corrected chi connectivity index (χ2v) is 9.68. The van der Waals surface area contributed by atoms with Gasteiger partial charge >= 0.3 is 6.18 Å². The van der Waals surface area contributed by atoms with E-state index in [1.165, 1.54) is 12.1 Å². The standard InChI is InChI=1S/C26H20ClF3N2O2S/c1-15(2)16-6-10-19(11-7-16)31-22-23(35-21-12-8-18(27)9-13-21)25(34)32(24(22)33)20-5-3-4-17(14-20)26(28,29)30/h3-15,31H,1-2H3. The van der Waals surface area contributed by atoms with E-state index in [1.54, 1.807) is 36.4 Å². The fraction of sp³-hybridized carbons (Fsp3) is 0.154. The minimum Gasteiger partial charge on any atom is -0.350 e. The van der Waals surface area contributed by atoms with Crippen LogP contribution in [0.5, 0.6) is 0 Å². The van der Waals surface area contributed by atoms with Crippen molar-refractivity contribution in [2.24, 2.45) is 0 Å². The van der Waals surface area contributed by atoms with Crippen molar-refractivity contribution < 1.29 is 22.8 Å². The molecule has 9 heteroatoms. The Bertz CT molecular complexity index is 1300. The number of amides is 2. The highest BCUT2D eigenvalue weighted by atomic mass is 35.5. The fourth-order valence-electron chi connectivity index (χ4n) is 3.49. The summed E-state index contributed by atoms with van der Waals surface area (Å²) in [5.41, 5.74) is 0.555. The van der Waals surface area contributed by atoms with Gasteiger partial charge in [0.2, 0.25) is 0 Å². The third kappa shape index (κ3) is 5.39. The second-order valence-electron chi connectivity index (χ2n) is 8.16. The number of halogens is 4. The Labute approximate surface area is 209 Å². The van der Waals surface area contributed by atoms with Gasteiger partial charge in [0.05, 0.1) is 11.3 Å². The van der Waals surface area contributed by atoms with E-state index in [9.17, 15) is 22.8 Å². The smallest absolute Gasteiger partial charge is 0.350 e. The maximum absolute atomic E-state index is 13.4. The van der Waals surface area contributed by atoms with Gasteiger partial charge in [-0.1, -0.05) is 55.4 Å². The maximum atomic E-state index is 13.4. The molecule has 0 saturated heterocycles. The zero-order chi connectivity index (χ0) is 25.3. The summed E-state index contributed by atoms with van der Waals surface area (Å²) in [6, 6.07) is 18.2. The van der Waals surface area contributed by atoms with Gasteiger partial charge in [-0.3, -0.25) is 9.59 Å². The summed E-state index contributed by atoms with van der Waals surface area (Å²) in [5.74, 6) is -1.14. The summed E-state index contributed by atoms with van der Waals surface area (Å²) in [6.07, 6.45) is -4.62. The maximum Gasteiger partial charge on any atom is 0.416 e. The molecule has 0 unspecified atom stereocenters. The van der Waals surface area contributed by atoms with Crippen LogP contribution in [0.4, 0.5) is 24.5 Å². The Hall–Kier alpha value is -3.23. The zero-order valence-electron chi connectivity index (χ0n) is 18.7. The molecule has 2 amide bonds. The van der Waals surface area contributed by atoms with E-state index in [0.717, 1.165) is 34.4 Å². The number of benzene rings is 3. The zero-order valence-corrected chi connectivity index (χ0v) is 20.3. The van der Waals surface area contributed by atoms with E-state index in [2.05, 4.69) is 19.2 Å². The number of anilines is 2. The minimum atomic E-state index is -4.62. The number of rotatable bonds is 6. The molecule has 4 rings (SSSR count). The van der Waals surface area contributed by atoms with Crippen LogP contribution in [-0.2, 0) is 15.8 Å².